The second-order valence-corrected chi connectivity index (χ2v) is 9.21. The number of ketones is 1. The second-order valence-electron chi connectivity index (χ2n) is 8.77. The molecule has 4 rings (SSSR count). The molecule has 0 saturated heterocycles. The Balaban J connectivity index is 1.49. The Hall–Kier alpha value is -5.14. The molecule has 0 aliphatic rings. The number of carbonyl (C=O) groups excluding carboxylic acids is 3. The van der Waals surface area contributed by atoms with Crippen molar-refractivity contribution in [2.75, 3.05) is 19.5 Å². The SMILES string of the molecule is COc1ccc(/C=C/C(=O)c2ccc(NC(=O)/C(=C/c3cccc(Cl)c3)NC(=O)c3ccccc3)cc2)c(OC)c1. The predicted octanol–water partition coefficient (Wildman–Crippen LogP) is 6.66. The van der Waals surface area contributed by atoms with Crippen molar-refractivity contribution >= 4 is 47.0 Å². The first-order valence-electron chi connectivity index (χ1n) is 12.6. The van der Waals surface area contributed by atoms with Gasteiger partial charge in [-0.15, -0.1) is 0 Å². The fourth-order valence-corrected chi connectivity index (χ4v) is 4.04. The number of halogens is 1. The molecule has 0 aliphatic heterocycles. The Kier molecular flexibility index (Phi) is 9.70. The zero-order valence-electron chi connectivity index (χ0n) is 22.4. The third kappa shape index (κ3) is 7.94. The van der Waals surface area contributed by atoms with E-state index in [9.17, 15) is 14.4 Å². The van der Waals surface area contributed by atoms with Crippen LogP contribution < -0.4 is 20.1 Å². The van der Waals surface area contributed by atoms with Crippen LogP contribution in [0.15, 0.2) is 109 Å². The average Bonchev–Trinajstić information content (AvgIpc) is 3.00. The van der Waals surface area contributed by atoms with E-state index in [1.165, 1.54) is 12.2 Å². The van der Waals surface area contributed by atoms with Gasteiger partial charge in [-0.3, -0.25) is 14.4 Å². The van der Waals surface area contributed by atoms with Crippen LogP contribution in [-0.4, -0.2) is 31.8 Å². The van der Waals surface area contributed by atoms with Crippen LogP contribution in [0.3, 0.4) is 0 Å². The van der Waals surface area contributed by atoms with Gasteiger partial charge in [-0.25, -0.2) is 0 Å². The fourth-order valence-electron chi connectivity index (χ4n) is 3.84. The van der Waals surface area contributed by atoms with E-state index in [1.807, 2.05) is 0 Å². The molecule has 0 unspecified atom stereocenters. The molecule has 0 bridgehead atoms. The number of allylic oxidation sites excluding steroid dienone is 1. The van der Waals surface area contributed by atoms with Gasteiger partial charge < -0.3 is 20.1 Å². The minimum absolute atomic E-state index is 0.0256. The first-order valence-corrected chi connectivity index (χ1v) is 12.9. The van der Waals surface area contributed by atoms with Crippen molar-refractivity contribution in [3.63, 3.8) is 0 Å². The molecule has 4 aromatic rings. The van der Waals surface area contributed by atoms with E-state index in [0.29, 0.717) is 38.9 Å². The van der Waals surface area contributed by atoms with Crippen molar-refractivity contribution in [1.29, 1.82) is 0 Å². The van der Waals surface area contributed by atoms with Crippen molar-refractivity contribution in [2.24, 2.45) is 0 Å². The summed E-state index contributed by atoms with van der Waals surface area (Å²) in [5.74, 6) is 0.0214. The number of methoxy groups -OCH3 is 2. The van der Waals surface area contributed by atoms with Crippen LogP contribution in [0, 0.1) is 0 Å². The van der Waals surface area contributed by atoms with Crippen LogP contribution in [0.2, 0.25) is 5.02 Å². The van der Waals surface area contributed by atoms with Gasteiger partial charge in [0, 0.05) is 33.5 Å². The summed E-state index contributed by atoms with van der Waals surface area (Å²) in [4.78, 5) is 38.8. The summed E-state index contributed by atoms with van der Waals surface area (Å²) in [5.41, 5.74) is 2.66. The molecule has 0 fully saturated rings. The Bertz CT molecular complexity index is 1610. The van der Waals surface area contributed by atoms with E-state index >= 15 is 0 Å². The van der Waals surface area contributed by atoms with Crippen LogP contribution in [-0.2, 0) is 4.79 Å². The first kappa shape index (κ1) is 28.9. The summed E-state index contributed by atoms with van der Waals surface area (Å²) in [6.45, 7) is 0. The third-order valence-electron chi connectivity index (χ3n) is 5.97. The smallest absolute Gasteiger partial charge is 0.272 e. The molecule has 0 spiro atoms. The van der Waals surface area contributed by atoms with Crippen LogP contribution in [0.1, 0.15) is 31.8 Å². The fraction of sp³-hybridized carbons (Fsp3) is 0.0606. The Morgan fingerprint density at radius 3 is 2.22 bits per heavy atom. The standard InChI is InChI=1S/C33H27ClN2O5/c1-40-28-17-13-24(31(21-28)41-2)14-18-30(37)23-11-15-27(16-12-23)35-33(39)29(20-22-7-6-10-26(34)19-22)36-32(38)25-8-4-3-5-9-25/h3-21H,1-2H3,(H,35,39)(H,36,38)/b18-14+,29-20-. The number of hydrogen-bond acceptors (Lipinski definition) is 5. The molecule has 0 heterocycles. The number of carbonyl (C=O) groups is 3. The maximum atomic E-state index is 13.2. The molecule has 0 atom stereocenters. The van der Waals surface area contributed by atoms with Gasteiger partial charge in [0.2, 0.25) is 0 Å². The van der Waals surface area contributed by atoms with Crippen LogP contribution in [0.4, 0.5) is 5.69 Å². The first-order chi connectivity index (χ1) is 19.9. The molecule has 7 nitrogen and oxygen atoms in total. The van der Waals surface area contributed by atoms with Gasteiger partial charge in [-0.2, -0.15) is 0 Å². The zero-order chi connectivity index (χ0) is 29.2. The van der Waals surface area contributed by atoms with Crippen molar-refractivity contribution in [3.05, 3.63) is 136 Å². The molecular weight excluding hydrogens is 540 g/mol. The van der Waals surface area contributed by atoms with E-state index in [2.05, 4.69) is 10.6 Å². The lowest BCUT2D eigenvalue weighted by molar-refractivity contribution is -0.113. The highest BCUT2D eigenvalue weighted by Crippen LogP contribution is 2.26. The van der Waals surface area contributed by atoms with Crippen molar-refractivity contribution in [3.8, 4) is 11.5 Å². The molecule has 0 radical (unpaired) electrons. The highest BCUT2D eigenvalue weighted by Gasteiger charge is 2.15. The molecular formula is C33H27ClN2O5. The maximum Gasteiger partial charge on any atom is 0.272 e. The van der Waals surface area contributed by atoms with Gasteiger partial charge in [0.1, 0.15) is 17.2 Å². The topological polar surface area (TPSA) is 93.7 Å². The van der Waals surface area contributed by atoms with E-state index in [0.717, 1.165) is 5.56 Å². The Labute approximate surface area is 243 Å². The lowest BCUT2D eigenvalue weighted by Gasteiger charge is -2.12. The number of amides is 2. The third-order valence-corrected chi connectivity index (χ3v) is 6.21. The molecule has 8 heteroatoms. The monoisotopic (exact) mass is 566 g/mol. The summed E-state index contributed by atoms with van der Waals surface area (Å²) in [6, 6.07) is 27.2. The van der Waals surface area contributed by atoms with Crippen LogP contribution >= 0.6 is 11.6 Å². The normalized spacial score (nSPS) is 11.1. The molecule has 4 aromatic carbocycles. The van der Waals surface area contributed by atoms with Crippen molar-refractivity contribution < 1.29 is 23.9 Å². The number of nitrogens with one attached hydrogen (secondary N) is 2. The number of benzene rings is 4. The number of anilines is 1. The van der Waals surface area contributed by atoms with E-state index in [1.54, 1.807) is 117 Å². The van der Waals surface area contributed by atoms with Crippen LogP contribution in [0.5, 0.6) is 11.5 Å². The van der Waals surface area contributed by atoms with Gasteiger partial charge in [0.05, 0.1) is 14.2 Å². The lowest BCUT2D eigenvalue weighted by Crippen LogP contribution is -2.30. The number of hydrogen-bond donors (Lipinski definition) is 2. The van der Waals surface area contributed by atoms with Gasteiger partial charge in [-0.05, 0) is 84.5 Å². The molecule has 0 saturated carbocycles. The molecule has 0 aromatic heterocycles. The minimum atomic E-state index is -0.542. The molecule has 0 aliphatic carbocycles. The van der Waals surface area contributed by atoms with Crippen molar-refractivity contribution in [1.82, 2.24) is 5.32 Å². The second kappa shape index (κ2) is 13.8. The minimum Gasteiger partial charge on any atom is -0.497 e. The van der Waals surface area contributed by atoms with E-state index in [4.69, 9.17) is 21.1 Å². The summed E-state index contributed by atoms with van der Waals surface area (Å²) in [5, 5.41) is 5.95. The molecule has 41 heavy (non-hydrogen) atoms. The van der Waals surface area contributed by atoms with Gasteiger partial charge in [0.15, 0.2) is 5.78 Å². The summed E-state index contributed by atoms with van der Waals surface area (Å²) >= 11 is 6.10. The average molecular weight is 567 g/mol. The highest BCUT2D eigenvalue weighted by atomic mass is 35.5. The van der Waals surface area contributed by atoms with Crippen molar-refractivity contribution in [2.45, 2.75) is 0 Å². The van der Waals surface area contributed by atoms with E-state index in [-0.39, 0.29) is 11.5 Å². The quantitative estimate of drug-likeness (QED) is 0.165. The highest BCUT2D eigenvalue weighted by molar-refractivity contribution is 6.30. The lowest BCUT2D eigenvalue weighted by atomic mass is 10.1. The largest absolute Gasteiger partial charge is 0.497 e. The Morgan fingerprint density at radius 1 is 0.780 bits per heavy atom. The number of rotatable bonds is 10. The Morgan fingerprint density at radius 2 is 1.54 bits per heavy atom. The van der Waals surface area contributed by atoms with Gasteiger partial charge in [0.25, 0.3) is 11.8 Å². The summed E-state index contributed by atoms with van der Waals surface area (Å²) < 4.78 is 10.6. The zero-order valence-corrected chi connectivity index (χ0v) is 23.1. The summed E-state index contributed by atoms with van der Waals surface area (Å²) in [6.07, 6.45) is 4.65. The molecule has 2 N–H and O–H groups in total. The summed E-state index contributed by atoms with van der Waals surface area (Å²) in [7, 11) is 3.11. The van der Waals surface area contributed by atoms with Crippen LogP contribution in [0.25, 0.3) is 12.2 Å². The van der Waals surface area contributed by atoms with Gasteiger partial charge >= 0.3 is 0 Å². The number of ether oxygens (including phenoxy) is 2. The van der Waals surface area contributed by atoms with Gasteiger partial charge in [-0.1, -0.05) is 41.9 Å². The molecule has 2 amide bonds. The maximum absolute atomic E-state index is 13.2. The predicted molar refractivity (Wildman–Crippen MR) is 161 cm³/mol. The van der Waals surface area contributed by atoms with E-state index < -0.39 is 11.8 Å². The molecule has 206 valence electrons.